The predicted octanol–water partition coefficient (Wildman–Crippen LogP) is 0.209. The van der Waals surface area contributed by atoms with Crippen LogP contribution in [0.2, 0.25) is 0 Å². The molecule has 0 unspecified atom stereocenters. The molecule has 0 atom stereocenters. The lowest BCUT2D eigenvalue weighted by molar-refractivity contribution is 1.10. The topological polar surface area (TPSA) is 83.8 Å². The van der Waals surface area contributed by atoms with Gasteiger partial charge in [-0.25, -0.2) is 10.6 Å². The quantitative estimate of drug-likeness (QED) is 0.428. The minimum Gasteiger partial charge on any atom is -0.308 e. The number of para-hydroxylation sites is 1. The molecule has 0 saturated heterocycles. The third-order valence-corrected chi connectivity index (χ3v) is 1.77. The van der Waals surface area contributed by atoms with E-state index in [0.717, 1.165) is 10.9 Å². The number of rotatable bonds is 1. The first-order chi connectivity index (χ1) is 6.31. The van der Waals surface area contributed by atoms with E-state index in [-0.39, 0.29) is 0 Å². The van der Waals surface area contributed by atoms with Crippen LogP contribution in [-0.2, 0) is 0 Å². The standard InChI is InChI=1S/C8H8N4O/c9-12-7-5-3-1-2-4-6(5)10-8(13)11-7/h1-4H,9H2,(H2,10,11,12,13). The van der Waals surface area contributed by atoms with Crippen molar-refractivity contribution in [3.63, 3.8) is 0 Å². The van der Waals surface area contributed by atoms with Gasteiger partial charge in [-0.2, -0.15) is 4.98 Å². The van der Waals surface area contributed by atoms with Gasteiger partial charge in [0.15, 0.2) is 5.82 Å². The fourth-order valence-electron chi connectivity index (χ4n) is 1.21. The zero-order chi connectivity index (χ0) is 9.26. The second-order valence-electron chi connectivity index (χ2n) is 2.58. The molecular formula is C8H8N4O. The van der Waals surface area contributed by atoms with Crippen LogP contribution in [0.1, 0.15) is 0 Å². The molecule has 13 heavy (non-hydrogen) atoms. The molecule has 5 heteroatoms. The SMILES string of the molecule is NNc1nc(=O)[nH]c2ccccc12. The van der Waals surface area contributed by atoms with Crippen molar-refractivity contribution in [2.45, 2.75) is 0 Å². The third kappa shape index (κ3) is 1.25. The molecule has 0 radical (unpaired) electrons. The maximum atomic E-state index is 11.0. The van der Waals surface area contributed by atoms with Gasteiger partial charge in [-0.05, 0) is 12.1 Å². The highest BCUT2D eigenvalue weighted by Crippen LogP contribution is 2.15. The molecule has 0 spiro atoms. The zero-order valence-corrected chi connectivity index (χ0v) is 6.74. The highest BCUT2D eigenvalue weighted by molar-refractivity contribution is 5.88. The Balaban J connectivity index is 2.89. The summed E-state index contributed by atoms with van der Waals surface area (Å²) in [6.45, 7) is 0. The Labute approximate surface area is 73.6 Å². The van der Waals surface area contributed by atoms with Crippen LogP contribution in [0.15, 0.2) is 29.1 Å². The summed E-state index contributed by atoms with van der Waals surface area (Å²) < 4.78 is 0. The smallest absolute Gasteiger partial charge is 0.308 e. The molecule has 0 amide bonds. The summed E-state index contributed by atoms with van der Waals surface area (Å²) in [5.74, 6) is 5.61. The number of aromatic amines is 1. The van der Waals surface area contributed by atoms with E-state index in [1.165, 1.54) is 0 Å². The van der Waals surface area contributed by atoms with Gasteiger partial charge in [0.1, 0.15) is 0 Å². The van der Waals surface area contributed by atoms with Gasteiger partial charge in [0, 0.05) is 5.39 Å². The first-order valence-electron chi connectivity index (χ1n) is 3.77. The van der Waals surface area contributed by atoms with E-state index in [1.54, 1.807) is 6.07 Å². The molecule has 66 valence electrons. The van der Waals surface area contributed by atoms with Crippen LogP contribution in [0, 0.1) is 0 Å². The van der Waals surface area contributed by atoms with E-state index < -0.39 is 5.69 Å². The Hall–Kier alpha value is -1.88. The lowest BCUT2D eigenvalue weighted by Crippen LogP contribution is -2.17. The molecular weight excluding hydrogens is 168 g/mol. The number of nitrogens with zero attached hydrogens (tertiary/aromatic N) is 1. The highest BCUT2D eigenvalue weighted by atomic mass is 16.1. The Morgan fingerprint density at radius 1 is 1.38 bits per heavy atom. The van der Waals surface area contributed by atoms with Gasteiger partial charge in [-0.3, -0.25) is 0 Å². The maximum absolute atomic E-state index is 11.0. The molecule has 0 saturated carbocycles. The van der Waals surface area contributed by atoms with Crippen molar-refractivity contribution in [2.75, 3.05) is 5.43 Å². The van der Waals surface area contributed by atoms with Gasteiger partial charge in [0.25, 0.3) is 0 Å². The van der Waals surface area contributed by atoms with E-state index in [0.29, 0.717) is 5.82 Å². The largest absolute Gasteiger partial charge is 0.347 e. The lowest BCUT2D eigenvalue weighted by Gasteiger charge is -2.02. The minimum absolute atomic E-state index is 0.388. The second-order valence-corrected chi connectivity index (χ2v) is 2.58. The van der Waals surface area contributed by atoms with Crippen molar-refractivity contribution in [1.29, 1.82) is 0 Å². The second kappa shape index (κ2) is 2.87. The van der Waals surface area contributed by atoms with Crippen LogP contribution in [0.4, 0.5) is 5.82 Å². The fourth-order valence-corrected chi connectivity index (χ4v) is 1.21. The summed E-state index contributed by atoms with van der Waals surface area (Å²) in [5, 5.41) is 0.796. The predicted molar refractivity (Wildman–Crippen MR) is 50.2 cm³/mol. The number of hydrogen-bond acceptors (Lipinski definition) is 4. The van der Waals surface area contributed by atoms with E-state index in [1.807, 2.05) is 18.2 Å². The lowest BCUT2D eigenvalue weighted by atomic mass is 10.2. The minimum atomic E-state index is -0.411. The maximum Gasteiger partial charge on any atom is 0.347 e. The molecule has 1 aromatic heterocycles. The van der Waals surface area contributed by atoms with E-state index in [2.05, 4.69) is 15.4 Å². The molecule has 0 aliphatic heterocycles. The molecule has 1 aromatic carbocycles. The van der Waals surface area contributed by atoms with Crippen molar-refractivity contribution in [1.82, 2.24) is 9.97 Å². The van der Waals surface area contributed by atoms with Crippen LogP contribution < -0.4 is 17.0 Å². The van der Waals surface area contributed by atoms with E-state index in [9.17, 15) is 4.79 Å². The van der Waals surface area contributed by atoms with Gasteiger partial charge < -0.3 is 10.4 Å². The number of fused-ring (bicyclic) bond motifs is 1. The van der Waals surface area contributed by atoms with E-state index >= 15 is 0 Å². The summed E-state index contributed by atoms with van der Waals surface area (Å²) in [4.78, 5) is 17.3. The Bertz CT molecular complexity index is 491. The Morgan fingerprint density at radius 2 is 2.15 bits per heavy atom. The van der Waals surface area contributed by atoms with Crippen LogP contribution in [0.3, 0.4) is 0 Å². The fraction of sp³-hybridized carbons (Fsp3) is 0. The third-order valence-electron chi connectivity index (χ3n) is 1.77. The number of anilines is 1. The number of benzene rings is 1. The average Bonchev–Trinajstić information content (AvgIpc) is 2.16. The summed E-state index contributed by atoms with van der Waals surface area (Å²) >= 11 is 0. The summed E-state index contributed by atoms with van der Waals surface area (Å²) in [7, 11) is 0. The molecule has 2 rings (SSSR count). The first-order valence-corrected chi connectivity index (χ1v) is 3.77. The van der Waals surface area contributed by atoms with Crippen LogP contribution in [0.25, 0.3) is 10.9 Å². The molecule has 0 aliphatic carbocycles. The number of H-pyrrole nitrogens is 1. The van der Waals surface area contributed by atoms with Gasteiger partial charge >= 0.3 is 5.69 Å². The molecule has 4 N–H and O–H groups in total. The summed E-state index contributed by atoms with van der Waals surface area (Å²) in [6, 6.07) is 7.30. The number of nitrogen functional groups attached to an aromatic ring is 1. The summed E-state index contributed by atoms with van der Waals surface area (Å²) in [6.07, 6.45) is 0. The highest BCUT2D eigenvalue weighted by Gasteiger charge is 2.01. The van der Waals surface area contributed by atoms with Crippen molar-refractivity contribution >= 4 is 16.7 Å². The molecule has 1 heterocycles. The van der Waals surface area contributed by atoms with Gasteiger partial charge in [-0.15, -0.1) is 0 Å². The molecule has 2 aromatic rings. The summed E-state index contributed by atoms with van der Waals surface area (Å²) in [5.41, 5.74) is 2.69. The van der Waals surface area contributed by atoms with Crippen LogP contribution in [-0.4, -0.2) is 9.97 Å². The Kier molecular flexibility index (Phi) is 1.71. The van der Waals surface area contributed by atoms with Crippen molar-refractivity contribution in [3.05, 3.63) is 34.7 Å². The molecule has 0 aliphatic rings. The van der Waals surface area contributed by atoms with E-state index in [4.69, 9.17) is 5.84 Å². The normalized spacial score (nSPS) is 10.2. The Morgan fingerprint density at radius 3 is 2.92 bits per heavy atom. The molecule has 0 bridgehead atoms. The van der Waals surface area contributed by atoms with Crippen LogP contribution in [0.5, 0.6) is 0 Å². The molecule has 5 nitrogen and oxygen atoms in total. The number of nitrogens with two attached hydrogens (primary N) is 1. The average molecular weight is 176 g/mol. The first kappa shape index (κ1) is 7.75. The zero-order valence-electron chi connectivity index (χ0n) is 6.74. The van der Waals surface area contributed by atoms with Crippen molar-refractivity contribution in [3.8, 4) is 0 Å². The van der Waals surface area contributed by atoms with Gasteiger partial charge in [0.2, 0.25) is 0 Å². The molecule has 0 fully saturated rings. The van der Waals surface area contributed by atoms with Crippen molar-refractivity contribution in [2.24, 2.45) is 5.84 Å². The van der Waals surface area contributed by atoms with Gasteiger partial charge in [-0.1, -0.05) is 12.1 Å². The van der Waals surface area contributed by atoms with Crippen molar-refractivity contribution < 1.29 is 0 Å². The number of hydrogen-bond donors (Lipinski definition) is 3. The monoisotopic (exact) mass is 176 g/mol. The van der Waals surface area contributed by atoms with Gasteiger partial charge in [0.05, 0.1) is 5.52 Å². The van der Waals surface area contributed by atoms with Crippen LogP contribution >= 0.6 is 0 Å². The number of nitrogens with one attached hydrogen (secondary N) is 2. The number of hydrazine groups is 1. The number of aromatic nitrogens is 2.